The molecule has 9 heteroatoms. The topological polar surface area (TPSA) is 86.3 Å². The molecule has 3 aromatic heterocycles. The smallest absolute Gasteiger partial charge is 0.269 e. The van der Waals surface area contributed by atoms with E-state index in [1.165, 1.54) is 17.5 Å². The molecule has 0 aromatic carbocycles. The van der Waals surface area contributed by atoms with E-state index < -0.39 is 0 Å². The van der Waals surface area contributed by atoms with Gasteiger partial charge in [-0.05, 0) is 31.9 Å². The third-order valence-electron chi connectivity index (χ3n) is 5.27. The van der Waals surface area contributed by atoms with Gasteiger partial charge in [0.2, 0.25) is 0 Å². The summed E-state index contributed by atoms with van der Waals surface area (Å²) in [5.41, 5.74) is 2.85. The average Bonchev–Trinajstić information content (AvgIpc) is 3.43. The number of nitrogens with zero attached hydrogens (tertiary/aromatic N) is 5. The first-order chi connectivity index (χ1) is 14.1. The van der Waals surface area contributed by atoms with Gasteiger partial charge in [-0.15, -0.1) is 0 Å². The van der Waals surface area contributed by atoms with Crippen molar-refractivity contribution in [1.82, 2.24) is 19.9 Å². The Balaban J connectivity index is 1.33. The molecule has 1 saturated heterocycles. The van der Waals surface area contributed by atoms with E-state index in [9.17, 15) is 4.79 Å². The van der Waals surface area contributed by atoms with Gasteiger partial charge < -0.3 is 14.2 Å². The van der Waals surface area contributed by atoms with E-state index in [2.05, 4.69) is 20.1 Å². The maximum Gasteiger partial charge on any atom is 0.269 e. The number of anilines is 1. The Labute approximate surface area is 172 Å². The summed E-state index contributed by atoms with van der Waals surface area (Å²) in [4.78, 5) is 18.8. The predicted molar refractivity (Wildman–Crippen MR) is 107 cm³/mol. The zero-order chi connectivity index (χ0) is 20.0. The first kappa shape index (κ1) is 18.3. The van der Waals surface area contributed by atoms with Crippen LogP contribution < -0.4 is 10.5 Å². The molecule has 2 aliphatic rings. The van der Waals surface area contributed by atoms with E-state index in [0.29, 0.717) is 22.7 Å². The minimum absolute atomic E-state index is 0.171. The van der Waals surface area contributed by atoms with Crippen molar-refractivity contribution in [3.8, 4) is 11.3 Å². The highest BCUT2D eigenvalue weighted by molar-refractivity contribution is 6.29. The molecule has 29 heavy (non-hydrogen) atoms. The molecule has 0 N–H and O–H groups in total. The number of aryl methyl sites for hydroxylation is 1. The van der Waals surface area contributed by atoms with Crippen LogP contribution in [0, 0.1) is 6.92 Å². The van der Waals surface area contributed by atoms with Crippen LogP contribution in [0.4, 0.5) is 5.69 Å². The number of hydrogen-bond donors (Lipinski definition) is 0. The van der Waals surface area contributed by atoms with Gasteiger partial charge in [-0.3, -0.25) is 4.79 Å². The summed E-state index contributed by atoms with van der Waals surface area (Å²) in [5, 5.41) is 8.89. The third-order valence-corrected chi connectivity index (χ3v) is 5.49. The second-order valence-corrected chi connectivity index (χ2v) is 7.89. The summed E-state index contributed by atoms with van der Waals surface area (Å²) in [6.45, 7) is 3.69. The molecule has 0 unspecified atom stereocenters. The van der Waals surface area contributed by atoms with Crippen molar-refractivity contribution < 1.29 is 9.26 Å². The van der Waals surface area contributed by atoms with Gasteiger partial charge in [-0.1, -0.05) is 16.8 Å². The zero-order valence-electron chi connectivity index (χ0n) is 15.9. The second-order valence-electron chi connectivity index (χ2n) is 7.51. The molecule has 0 atom stereocenters. The maximum absolute atomic E-state index is 12.6. The van der Waals surface area contributed by atoms with Gasteiger partial charge in [-0.25, -0.2) is 9.67 Å². The Bertz CT molecular complexity index is 1080. The van der Waals surface area contributed by atoms with Crippen LogP contribution in [0.15, 0.2) is 39.9 Å². The Kier molecular flexibility index (Phi) is 4.60. The van der Waals surface area contributed by atoms with Crippen LogP contribution in [0.1, 0.15) is 24.2 Å². The molecule has 1 aliphatic carbocycles. The van der Waals surface area contributed by atoms with Crippen molar-refractivity contribution in [3.05, 3.63) is 57.4 Å². The lowest BCUT2D eigenvalue weighted by Gasteiger charge is -2.40. The van der Waals surface area contributed by atoms with E-state index in [-0.39, 0.29) is 18.2 Å². The lowest BCUT2D eigenvalue weighted by Crippen LogP contribution is -2.53. The first-order valence-corrected chi connectivity index (χ1v) is 9.99. The summed E-state index contributed by atoms with van der Waals surface area (Å²) in [5.74, 6) is 0.635. The SMILES string of the molecule is Cc1onc(-c2ccc(Cl)nc2)c1Cn1ncc(N2CC(OC3CC3)C2)cc1=O. The standard InChI is InChI=1S/C20H20ClN5O3/c1-12-17(20(24-29-12)13-2-5-18(21)22-7-13)11-26-19(27)6-14(8-23-26)25-9-16(10-25)28-15-3-4-15/h2,5-8,15-16H,3-4,9-11H2,1H3. The van der Waals surface area contributed by atoms with Gasteiger partial charge in [-0.2, -0.15) is 5.10 Å². The fourth-order valence-corrected chi connectivity index (χ4v) is 3.51. The summed E-state index contributed by atoms with van der Waals surface area (Å²) < 4.78 is 12.6. The Hall–Kier alpha value is -2.71. The zero-order valence-corrected chi connectivity index (χ0v) is 16.7. The van der Waals surface area contributed by atoms with Crippen LogP contribution in [0.2, 0.25) is 5.15 Å². The summed E-state index contributed by atoms with van der Waals surface area (Å²) >= 11 is 5.87. The minimum Gasteiger partial charge on any atom is -0.371 e. The van der Waals surface area contributed by atoms with Gasteiger partial charge in [0.15, 0.2) is 0 Å². The van der Waals surface area contributed by atoms with Crippen LogP contribution in [0.3, 0.4) is 0 Å². The fraction of sp³-hybridized carbons (Fsp3) is 0.400. The minimum atomic E-state index is -0.171. The largest absolute Gasteiger partial charge is 0.371 e. The second kappa shape index (κ2) is 7.27. The van der Waals surface area contributed by atoms with Crippen LogP contribution in [0.5, 0.6) is 0 Å². The number of rotatable bonds is 6. The van der Waals surface area contributed by atoms with Crippen molar-refractivity contribution in [3.63, 3.8) is 0 Å². The molecular formula is C20H20ClN5O3. The number of aromatic nitrogens is 4. The molecule has 150 valence electrons. The van der Waals surface area contributed by atoms with E-state index in [4.69, 9.17) is 20.9 Å². The Morgan fingerprint density at radius 1 is 1.24 bits per heavy atom. The number of hydrogen-bond acceptors (Lipinski definition) is 7. The van der Waals surface area contributed by atoms with Gasteiger partial charge in [0.25, 0.3) is 5.56 Å². The molecule has 1 saturated carbocycles. The van der Waals surface area contributed by atoms with Crippen LogP contribution in [-0.2, 0) is 11.3 Å². The van der Waals surface area contributed by atoms with Crippen molar-refractivity contribution in [2.45, 2.75) is 38.5 Å². The van der Waals surface area contributed by atoms with Crippen molar-refractivity contribution in [2.24, 2.45) is 0 Å². The molecule has 0 spiro atoms. The highest BCUT2D eigenvalue weighted by Gasteiger charge is 2.34. The molecule has 8 nitrogen and oxygen atoms in total. The molecule has 0 bridgehead atoms. The quantitative estimate of drug-likeness (QED) is 0.574. The molecule has 0 amide bonds. The van der Waals surface area contributed by atoms with E-state index in [0.717, 1.165) is 29.9 Å². The predicted octanol–water partition coefficient (Wildman–Crippen LogP) is 2.67. The van der Waals surface area contributed by atoms with Crippen LogP contribution in [0.25, 0.3) is 11.3 Å². The molecule has 1 aliphatic heterocycles. The van der Waals surface area contributed by atoms with Crippen LogP contribution in [-0.4, -0.2) is 45.2 Å². The highest BCUT2D eigenvalue weighted by Crippen LogP contribution is 2.29. The van der Waals surface area contributed by atoms with E-state index >= 15 is 0 Å². The Morgan fingerprint density at radius 3 is 2.76 bits per heavy atom. The highest BCUT2D eigenvalue weighted by atomic mass is 35.5. The molecule has 4 heterocycles. The first-order valence-electron chi connectivity index (χ1n) is 9.61. The van der Waals surface area contributed by atoms with Gasteiger partial charge in [0.05, 0.1) is 30.6 Å². The molecule has 5 rings (SSSR count). The van der Waals surface area contributed by atoms with Gasteiger partial charge in [0.1, 0.15) is 16.6 Å². The molecule has 3 aromatic rings. The van der Waals surface area contributed by atoms with Gasteiger partial charge >= 0.3 is 0 Å². The van der Waals surface area contributed by atoms with E-state index in [1.54, 1.807) is 24.5 Å². The summed E-state index contributed by atoms with van der Waals surface area (Å²) in [6, 6.07) is 5.13. The van der Waals surface area contributed by atoms with Crippen molar-refractivity contribution in [1.29, 1.82) is 0 Å². The summed E-state index contributed by atoms with van der Waals surface area (Å²) in [7, 11) is 0. The van der Waals surface area contributed by atoms with Crippen LogP contribution >= 0.6 is 11.6 Å². The van der Waals surface area contributed by atoms with Crippen molar-refractivity contribution >= 4 is 17.3 Å². The fourth-order valence-electron chi connectivity index (χ4n) is 3.40. The number of halogens is 1. The maximum atomic E-state index is 12.6. The number of ether oxygens (including phenoxy) is 1. The van der Waals surface area contributed by atoms with E-state index in [1.807, 2.05) is 13.0 Å². The third kappa shape index (κ3) is 3.77. The number of pyridine rings is 1. The molecular weight excluding hydrogens is 394 g/mol. The van der Waals surface area contributed by atoms with Crippen molar-refractivity contribution in [2.75, 3.05) is 18.0 Å². The summed E-state index contributed by atoms with van der Waals surface area (Å²) in [6.07, 6.45) is 6.41. The molecule has 0 radical (unpaired) electrons. The lowest BCUT2D eigenvalue weighted by atomic mass is 10.1. The van der Waals surface area contributed by atoms with Gasteiger partial charge in [0, 0.05) is 36.5 Å². The molecule has 2 fully saturated rings. The lowest BCUT2D eigenvalue weighted by molar-refractivity contribution is 0.0220. The Morgan fingerprint density at radius 2 is 2.07 bits per heavy atom. The normalized spacial score (nSPS) is 16.8. The average molecular weight is 414 g/mol. The monoisotopic (exact) mass is 413 g/mol.